The normalized spacial score (nSPS) is 22.0. The van der Waals surface area contributed by atoms with Gasteiger partial charge in [-0.05, 0) is 24.8 Å². The third-order valence-corrected chi connectivity index (χ3v) is 4.62. The number of rotatable bonds is 6. The molecule has 0 spiro atoms. The molecule has 2 amide bonds. The molecule has 6 nitrogen and oxygen atoms in total. The Labute approximate surface area is 134 Å². The highest BCUT2D eigenvalue weighted by atomic mass is 16.4. The maximum atomic E-state index is 12.2. The van der Waals surface area contributed by atoms with Gasteiger partial charge in [-0.2, -0.15) is 0 Å². The maximum Gasteiger partial charge on any atom is 0.329 e. The number of nitrogens with one attached hydrogen (secondary N) is 1. The summed E-state index contributed by atoms with van der Waals surface area (Å²) in [4.78, 5) is 37.1. The molecule has 1 heterocycles. The van der Waals surface area contributed by atoms with Crippen LogP contribution >= 0.6 is 0 Å². The van der Waals surface area contributed by atoms with Gasteiger partial charge in [-0.3, -0.25) is 9.59 Å². The van der Waals surface area contributed by atoms with Crippen LogP contribution in [-0.2, 0) is 20.8 Å². The van der Waals surface area contributed by atoms with E-state index in [-0.39, 0.29) is 18.2 Å². The first-order chi connectivity index (χ1) is 11.0. The first kappa shape index (κ1) is 15.5. The van der Waals surface area contributed by atoms with Crippen LogP contribution in [0.3, 0.4) is 0 Å². The average molecular weight is 316 g/mol. The fourth-order valence-corrected chi connectivity index (χ4v) is 2.93. The standard InChI is InChI=1S/C17H20N2O4/c20-14-10-13(15(21)18-17(7-8-17)16(22)23)11-19(14)9-6-12-4-2-1-3-5-12/h1-5,13H,6-11H2,(H,18,21)(H,22,23). The Bertz CT molecular complexity index is 625. The van der Waals surface area contributed by atoms with Crippen LogP contribution in [0.4, 0.5) is 0 Å². The average Bonchev–Trinajstić information content (AvgIpc) is 3.22. The van der Waals surface area contributed by atoms with Crippen LogP contribution in [0.25, 0.3) is 0 Å². The number of carbonyl (C=O) groups is 3. The van der Waals surface area contributed by atoms with E-state index in [1.807, 2.05) is 30.3 Å². The van der Waals surface area contributed by atoms with Gasteiger partial charge in [0.15, 0.2) is 0 Å². The van der Waals surface area contributed by atoms with Crippen molar-refractivity contribution >= 4 is 17.8 Å². The van der Waals surface area contributed by atoms with Gasteiger partial charge in [-0.15, -0.1) is 0 Å². The molecule has 2 fully saturated rings. The lowest BCUT2D eigenvalue weighted by Gasteiger charge is -2.18. The predicted octanol–water partition coefficient (Wildman–Crippen LogP) is 0.811. The second-order valence-electron chi connectivity index (χ2n) is 6.35. The summed E-state index contributed by atoms with van der Waals surface area (Å²) < 4.78 is 0. The molecule has 0 radical (unpaired) electrons. The second-order valence-corrected chi connectivity index (χ2v) is 6.35. The number of benzene rings is 1. The van der Waals surface area contributed by atoms with Crippen molar-refractivity contribution in [3.05, 3.63) is 35.9 Å². The lowest BCUT2D eigenvalue weighted by molar-refractivity contribution is -0.143. The van der Waals surface area contributed by atoms with E-state index >= 15 is 0 Å². The van der Waals surface area contributed by atoms with E-state index in [0.717, 1.165) is 12.0 Å². The number of hydrogen-bond donors (Lipinski definition) is 2. The monoisotopic (exact) mass is 316 g/mol. The number of likely N-dealkylation sites (tertiary alicyclic amines) is 1. The molecule has 1 aromatic rings. The maximum absolute atomic E-state index is 12.2. The summed E-state index contributed by atoms with van der Waals surface area (Å²) in [5, 5.41) is 11.7. The number of hydrogen-bond acceptors (Lipinski definition) is 3. The lowest BCUT2D eigenvalue weighted by Crippen LogP contribution is -2.46. The van der Waals surface area contributed by atoms with Crippen molar-refractivity contribution in [2.75, 3.05) is 13.1 Å². The number of carboxylic acids is 1. The zero-order valence-corrected chi connectivity index (χ0v) is 12.8. The topological polar surface area (TPSA) is 86.7 Å². The largest absolute Gasteiger partial charge is 0.480 e. The molecule has 3 rings (SSSR count). The van der Waals surface area contributed by atoms with E-state index in [2.05, 4.69) is 5.32 Å². The zero-order chi connectivity index (χ0) is 16.4. The number of aliphatic carboxylic acids is 1. The Morgan fingerprint density at radius 3 is 2.57 bits per heavy atom. The summed E-state index contributed by atoms with van der Waals surface area (Å²) in [7, 11) is 0. The lowest BCUT2D eigenvalue weighted by atomic mass is 10.1. The third-order valence-electron chi connectivity index (χ3n) is 4.62. The summed E-state index contributed by atoms with van der Waals surface area (Å²) in [5.41, 5.74) is 0.0634. The number of nitrogens with zero attached hydrogens (tertiary/aromatic N) is 1. The second kappa shape index (κ2) is 6.02. The van der Waals surface area contributed by atoms with Gasteiger partial charge in [0.1, 0.15) is 5.54 Å². The molecule has 1 aliphatic heterocycles. The molecular formula is C17H20N2O4. The highest BCUT2D eigenvalue weighted by Gasteiger charge is 2.52. The minimum absolute atomic E-state index is 0.0405. The van der Waals surface area contributed by atoms with Crippen LogP contribution in [0.15, 0.2) is 30.3 Å². The SMILES string of the molecule is O=C(NC1(C(=O)O)CC1)C1CC(=O)N(CCc2ccccc2)C1. The van der Waals surface area contributed by atoms with Gasteiger partial charge in [0.05, 0.1) is 5.92 Å². The smallest absolute Gasteiger partial charge is 0.329 e. The van der Waals surface area contributed by atoms with E-state index < -0.39 is 17.4 Å². The van der Waals surface area contributed by atoms with Crippen molar-refractivity contribution in [3.63, 3.8) is 0 Å². The fourth-order valence-electron chi connectivity index (χ4n) is 2.93. The predicted molar refractivity (Wildman–Crippen MR) is 82.6 cm³/mol. The molecule has 1 saturated heterocycles. The molecule has 1 aromatic carbocycles. The van der Waals surface area contributed by atoms with Crippen LogP contribution in [-0.4, -0.2) is 46.4 Å². The quantitative estimate of drug-likeness (QED) is 0.813. The van der Waals surface area contributed by atoms with Gasteiger partial charge in [-0.25, -0.2) is 4.79 Å². The Morgan fingerprint density at radius 2 is 1.96 bits per heavy atom. The summed E-state index contributed by atoms with van der Waals surface area (Å²) in [6, 6.07) is 9.88. The summed E-state index contributed by atoms with van der Waals surface area (Å²) in [5.74, 6) is -1.80. The first-order valence-electron chi connectivity index (χ1n) is 7.87. The van der Waals surface area contributed by atoms with E-state index in [9.17, 15) is 14.4 Å². The Hall–Kier alpha value is -2.37. The number of carbonyl (C=O) groups excluding carboxylic acids is 2. The third kappa shape index (κ3) is 3.36. The van der Waals surface area contributed by atoms with Crippen LogP contribution < -0.4 is 5.32 Å². The molecule has 2 aliphatic rings. The molecule has 6 heteroatoms. The molecule has 1 atom stereocenters. The minimum Gasteiger partial charge on any atom is -0.480 e. The molecule has 122 valence electrons. The van der Waals surface area contributed by atoms with Gasteiger partial charge < -0.3 is 15.3 Å². The molecule has 1 unspecified atom stereocenters. The molecular weight excluding hydrogens is 296 g/mol. The Kier molecular flexibility index (Phi) is 4.07. The van der Waals surface area contributed by atoms with Crippen LogP contribution in [0, 0.1) is 5.92 Å². The van der Waals surface area contributed by atoms with Crippen molar-refractivity contribution in [1.82, 2.24) is 10.2 Å². The van der Waals surface area contributed by atoms with Crippen molar-refractivity contribution in [2.24, 2.45) is 5.92 Å². The van der Waals surface area contributed by atoms with Crippen molar-refractivity contribution in [1.29, 1.82) is 0 Å². The molecule has 0 aromatic heterocycles. The highest BCUT2D eigenvalue weighted by molar-refractivity contribution is 5.94. The fraction of sp³-hybridized carbons (Fsp3) is 0.471. The van der Waals surface area contributed by atoms with Gasteiger partial charge in [0.2, 0.25) is 11.8 Å². The van der Waals surface area contributed by atoms with Gasteiger partial charge in [0, 0.05) is 19.5 Å². The minimum atomic E-state index is -1.09. The van der Waals surface area contributed by atoms with Crippen molar-refractivity contribution in [2.45, 2.75) is 31.2 Å². The number of carboxylic acid groups (broad SMARTS) is 1. The summed E-state index contributed by atoms with van der Waals surface area (Å²) in [6.45, 7) is 0.948. The Morgan fingerprint density at radius 1 is 1.26 bits per heavy atom. The molecule has 1 saturated carbocycles. The molecule has 1 aliphatic carbocycles. The van der Waals surface area contributed by atoms with E-state index in [1.165, 1.54) is 0 Å². The molecule has 2 N–H and O–H groups in total. The van der Waals surface area contributed by atoms with E-state index in [1.54, 1.807) is 4.90 Å². The van der Waals surface area contributed by atoms with Gasteiger partial charge >= 0.3 is 5.97 Å². The van der Waals surface area contributed by atoms with Crippen LogP contribution in [0.1, 0.15) is 24.8 Å². The van der Waals surface area contributed by atoms with Crippen molar-refractivity contribution in [3.8, 4) is 0 Å². The van der Waals surface area contributed by atoms with E-state index in [0.29, 0.717) is 25.9 Å². The summed E-state index contributed by atoms with van der Waals surface area (Å²) in [6.07, 6.45) is 1.84. The van der Waals surface area contributed by atoms with Crippen LogP contribution in [0.5, 0.6) is 0 Å². The van der Waals surface area contributed by atoms with E-state index in [4.69, 9.17) is 5.11 Å². The Balaban J connectivity index is 1.53. The molecule has 0 bridgehead atoms. The zero-order valence-electron chi connectivity index (χ0n) is 12.8. The van der Waals surface area contributed by atoms with Gasteiger partial charge in [-0.1, -0.05) is 30.3 Å². The first-order valence-corrected chi connectivity index (χ1v) is 7.87. The van der Waals surface area contributed by atoms with Crippen molar-refractivity contribution < 1.29 is 19.5 Å². The van der Waals surface area contributed by atoms with Gasteiger partial charge in [0.25, 0.3) is 0 Å². The number of amides is 2. The van der Waals surface area contributed by atoms with Crippen LogP contribution in [0.2, 0.25) is 0 Å². The molecule has 23 heavy (non-hydrogen) atoms. The highest BCUT2D eigenvalue weighted by Crippen LogP contribution is 2.36. The summed E-state index contributed by atoms with van der Waals surface area (Å²) >= 11 is 0.